The third-order valence-electron chi connectivity index (χ3n) is 5.62. The summed E-state index contributed by atoms with van der Waals surface area (Å²) < 4.78 is 30.7. The molecule has 4 rings (SSSR count). The van der Waals surface area contributed by atoms with Crippen LogP contribution in [0.3, 0.4) is 0 Å². The fourth-order valence-corrected chi connectivity index (χ4v) is 5.00. The van der Waals surface area contributed by atoms with Gasteiger partial charge in [0.05, 0.1) is 21.6 Å². The first-order valence-corrected chi connectivity index (χ1v) is 12.3. The summed E-state index contributed by atoms with van der Waals surface area (Å²) in [6.45, 7) is 7.17. The highest BCUT2D eigenvalue weighted by molar-refractivity contribution is 7.92. The molecule has 3 heterocycles. The SMILES string of the molecule is Cn1c(-c2ncc(Cl)cc2NS(=O)(=O)c2ccc(C(C)(C)C)cc2)nnc1[C@@H]1CCCN1. The number of benzene rings is 1. The number of sulfonamides is 1. The minimum absolute atomic E-state index is 0.0726. The average Bonchev–Trinajstić information content (AvgIpc) is 3.37. The van der Waals surface area contributed by atoms with Crippen molar-refractivity contribution in [2.75, 3.05) is 11.3 Å². The Hall–Kier alpha value is -2.49. The largest absolute Gasteiger partial charge is 0.311 e. The molecule has 8 nitrogen and oxygen atoms in total. The van der Waals surface area contributed by atoms with Crippen LogP contribution in [0, 0.1) is 0 Å². The Morgan fingerprint density at radius 3 is 2.53 bits per heavy atom. The Balaban J connectivity index is 1.69. The van der Waals surface area contributed by atoms with E-state index >= 15 is 0 Å². The van der Waals surface area contributed by atoms with Gasteiger partial charge in [-0.25, -0.2) is 13.4 Å². The zero-order valence-corrected chi connectivity index (χ0v) is 20.1. The fourth-order valence-electron chi connectivity index (χ4n) is 3.79. The first-order valence-electron chi connectivity index (χ1n) is 10.5. The summed E-state index contributed by atoms with van der Waals surface area (Å²) in [5, 5.41) is 12.3. The van der Waals surface area contributed by atoms with E-state index < -0.39 is 10.0 Å². The highest BCUT2D eigenvalue weighted by atomic mass is 35.5. The molecule has 0 amide bonds. The lowest BCUT2D eigenvalue weighted by Gasteiger charge is -2.19. The van der Waals surface area contributed by atoms with Gasteiger partial charge in [0.15, 0.2) is 5.82 Å². The fraction of sp³-hybridized carbons (Fsp3) is 0.409. The van der Waals surface area contributed by atoms with Gasteiger partial charge in [-0.05, 0) is 48.6 Å². The van der Waals surface area contributed by atoms with Crippen LogP contribution >= 0.6 is 11.6 Å². The third-order valence-corrected chi connectivity index (χ3v) is 7.21. The minimum atomic E-state index is -3.86. The van der Waals surface area contributed by atoms with Crippen LogP contribution < -0.4 is 10.0 Å². The molecule has 10 heteroatoms. The molecule has 0 aliphatic carbocycles. The summed E-state index contributed by atoms with van der Waals surface area (Å²) in [5.41, 5.74) is 1.59. The molecule has 1 saturated heterocycles. The van der Waals surface area contributed by atoms with E-state index in [1.54, 1.807) is 12.1 Å². The van der Waals surface area contributed by atoms with Crippen molar-refractivity contribution < 1.29 is 8.42 Å². The molecule has 1 aliphatic rings. The lowest BCUT2D eigenvalue weighted by Crippen LogP contribution is -2.18. The maximum Gasteiger partial charge on any atom is 0.261 e. The number of anilines is 1. The summed E-state index contributed by atoms with van der Waals surface area (Å²) in [6.07, 6.45) is 3.52. The maximum atomic E-state index is 13.1. The molecule has 1 aliphatic heterocycles. The monoisotopic (exact) mass is 474 g/mol. The number of nitrogens with zero attached hydrogens (tertiary/aromatic N) is 4. The van der Waals surface area contributed by atoms with Gasteiger partial charge in [-0.1, -0.05) is 44.5 Å². The van der Waals surface area contributed by atoms with E-state index in [9.17, 15) is 8.42 Å². The van der Waals surface area contributed by atoms with Crippen molar-refractivity contribution in [1.82, 2.24) is 25.1 Å². The van der Waals surface area contributed by atoms with Crippen molar-refractivity contribution >= 4 is 27.3 Å². The van der Waals surface area contributed by atoms with Crippen LogP contribution in [0.15, 0.2) is 41.4 Å². The second-order valence-electron chi connectivity index (χ2n) is 9.02. The van der Waals surface area contributed by atoms with Gasteiger partial charge in [-0.3, -0.25) is 4.72 Å². The summed E-state index contributed by atoms with van der Waals surface area (Å²) in [7, 11) is -2.01. The van der Waals surface area contributed by atoms with Crippen LogP contribution in [-0.2, 0) is 22.5 Å². The second kappa shape index (κ2) is 8.46. The zero-order valence-electron chi connectivity index (χ0n) is 18.6. The van der Waals surface area contributed by atoms with E-state index in [0.717, 1.165) is 30.8 Å². The normalized spacial score (nSPS) is 17.0. The Kier molecular flexibility index (Phi) is 6.00. The summed E-state index contributed by atoms with van der Waals surface area (Å²) in [5.74, 6) is 1.26. The highest BCUT2D eigenvalue weighted by Crippen LogP contribution is 2.31. The molecule has 0 spiro atoms. The second-order valence-corrected chi connectivity index (χ2v) is 11.1. The highest BCUT2D eigenvalue weighted by Gasteiger charge is 2.26. The zero-order chi connectivity index (χ0) is 23.1. The Morgan fingerprint density at radius 2 is 1.91 bits per heavy atom. The van der Waals surface area contributed by atoms with Gasteiger partial charge in [0, 0.05) is 13.2 Å². The predicted molar refractivity (Wildman–Crippen MR) is 125 cm³/mol. The van der Waals surface area contributed by atoms with Crippen molar-refractivity contribution in [3.8, 4) is 11.5 Å². The maximum absolute atomic E-state index is 13.1. The van der Waals surface area contributed by atoms with E-state index in [2.05, 4.69) is 46.0 Å². The number of pyridine rings is 1. The Morgan fingerprint density at radius 1 is 1.19 bits per heavy atom. The standard InChI is InChI=1S/C22H27ClN6O2S/c1-22(2,3)14-7-9-16(10-8-14)32(30,31)28-18-12-15(23)13-25-19(18)21-27-26-20(29(21)4)17-6-5-11-24-17/h7-10,12-13,17,24,28H,5-6,11H2,1-4H3/t17-/m0/s1. The van der Waals surface area contributed by atoms with Gasteiger partial charge in [-0.15, -0.1) is 10.2 Å². The molecule has 1 atom stereocenters. The van der Waals surface area contributed by atoms with Crippen LogP contribution in [-0.4, -0.2) is 34.7 Å². The summed E-state index contributed by atoms with van der Waals surface area (Å²) in [4.78, 5) is 4.53. The average molecular weight is 475 g/mol. The van der Waals surface area contributed by atoms with Crippen LogP contribution in [0.4, 0.5) is 5.69 Å². The molecule has 2 N–H and O–H groups in total. The van der Waals surface area contributed by atoms with Crippen molar-refractivity contribution in [2.45, 2.75) is 50.0 Å². The summed E-state index contributed by atoms with van der Waals surface area (Å²) >= 11 is 6.15. The first-order chi connectivity index (χ1) is 15.1. The molecular formula is C22H27ClN6O2S. The topological polar surface area (TPSA) is 102 Å². The molecule has 2 aromatic heterocycles. The quantitative estimate of drug-likeness (QED) is 0.578. The molecule has 0 radical (unpaired) electrons. The van der Waals surface area contributed by atoms with E-state index in [4.69, 9.17) is 11.6 Å². The van der Waals surface area contributed by atoms with Crippen molar-refractivity contribution in [3.63, 3.8) is 0 Å². The van der Waals surface area contributed by atoms with Crippen molar-refractivity contribution in [1.29, 1.82) is 0 Å². The van der Waals surface area contributed by atoms with Gasteiger partial charge in [0.2, 0.25) is 0 Å². The molecular weight excluding hydrogens is 448 g/mol. The Bertz CT molecular complexity index is 1230. The van der Waals surface area contributed by atoms with Crippen LogP contribution in [0.2, 0.25) is 5.02 Å². The third kappa shape index (κ3) is 4.51. The number of nitrogens with one attached hydrogen (secondary N) is 2. The molecule has 0 saturated carbocycles. The number of halogens is 1. The van der Waals surface area contributed by atoms with Gasteiger partial charge in [0.1, 0.15) is 11.5 Å². The van der Waals surface area contributed by atoms with Crippen LogP contribution in [0.25, 0.3) is 11.5 Å². The lowest BCUT2D eigenvalue weighted by atomic mass is 9.87. The van der Waals surface area contributed by atoms with Gasteiger partial charge in [-0.2, -0.15) is 0 Å². The van der Waals surface area contributed by atoms with Gasteiger partial charge >= 0.3 is 0 Å². The van der Waals surface area contributed by atoms with Crippen molar-refractivity contribution in [3.05, 3.63) is 52.9 Å². The first kappa shape index (κ1) is 22.7. The van der Waals surface area contributed by atoms with Crippen LogP contribution in [0.1, 0.15) is 51.0 Å². The van der Waals surface area contributed by atoms with Gasteiger partial charge < -0.3 is 9.88 Å². The number of hydrogen-bond donors (Lipinski definition) is 2. The number of hydrogen-bond acceptors (Lipinski definition) is 6. The molecule has 1 aromatic carbocycles. The number of aromatic nitrogens is 4. The molecule has 170 valence electrons. The van der Waals surface area contributed by atoms with Crippen LogP contribution in [0.5, 0.6) is 0 Å². The number of rotatable bonds is 5. The predicted octanol–water partition coefficient (Wildman–Crippen LogP) is 4.05. The molecule has 3 aromatic rings. The molecule has 0 unspecified atom stereocenters. The van der Waals surface area contributed by atoms with Crippen molar-refractivity contribution in [2.24, 2.45) is 7.05 Å². The molecule has 0 bridgehead atoms. The minimum Gasteiger partial charge on any atom is -0.311 e. The van der Waals surface area contributed by atoms with E-state index in [0.29, 0.717) is 16.5 Å². The van der Waals surface area contributed by atoms with Gasteiger partial charge in [0.25, 0.3) is 10.0 Å². The molecule has 32 heavy (non-hydrogen) atoms. The van der Waals surface area contributed by atoms with E-state index in [1.165, 1.54) is 12.3 Å². The summed E-state index contributed by atoms with van der Waals surface area (Å²) in [6, 6.07) is 8.52. The Labute approximate surface area is 193 Å². The van der Waals surface area contributed by atoms with E-state index in [-0.39, 0.29) is 22.0 Å². The molecule has 1 fully saturated rings. The van der Waals surface area contributed by atoms with E-state index in [1.807, 2.05) is 23.7 Å². The smallest absolute Gasteiger partial charge is 0.261 e. The lowest BCUT2D eigenvalue weighted by molar-refractivity contribution is 0.578.